The Labute approximate surface area is 131 Å². The Morgan fingerprint density at radius 3 is 1.81 bits per heavy atom. The van der Waals surface area contributed by atoms with E-state index in [-0.39, 0.29) is 22.3 Å². The Kier molecular flexibility index (Phi) is 5.88. The number of esters is 1. The van der Waals surface area contributed by atoms with Crippen LogP contribution in [0.15, 0.2) is 0 Å². The highest BCUT2D eigenvalue weighted by Gasteiger charge is 2.50. The topological polar surface area (TPSA) is 29.5 Å². The number of rotatable bonds is 6. The average molecular weight is 297 g/mol. The number of ether oxygens (including phenoxy) is 1. The molecule has 124 valence electrons. The van der Waals surface area contributed by atoms with Gasteiger partial charge in [0.1, 0.15) is 0 Å². The van der Waals surface area contributed by atoms with Gasteiger partial charge in [0.25, 0.3) is 0 Å². The zero-order valence-electron chi connectivity index (χ0n) is 15.2. The Morgan fingerprint density at radius 2 is 1.43 bits per heavy atom. The molecule has 0 aromatic heterocycles. The highest BCUT2D eigenvalue weighted by Crippen LogP contribution is 2.53. The molecule has 0 amide bonds. The van der Waals surface area contributed by atoms with Gasteiger partial charge in [0.15, 0.2) is 0 Å². The summed E-state index contributed by atoms with van der Waals surface area (Å²) in [5.74, 6) is -0.0436. The van der Waals surface area contributed by atoms with E-state index < -0.39 is 0 Å². The lowest BCUT2D eigenvalue weighted by atomic mass is 9.57. The summed E-state index contributed by atoms with van der Waals surface area (Å²) < 4.78 is 5.28. The standard InChI is InChI=1S/C18H35NO2/c1-8-19(9-2)18(11-15(20)21-10-3)13-16(4,5)12-17(6,7)14-18/h8-14H2,1-7H3. The number of nitrogens with zero attached hydrogens (tertiary/aromatic N) is 1. The average Bonchev–Trinajstić information content (AvgIpc) is 2.25. The highest BCUT2D eigenvalue weighted by atomic mass is 16.5. The lowest BCUT2D eigenvalue weighted by Crippen LogP contribution is -2.57. The molecule has 0 aromatic carbocycles. The first-order chi connectivity index (χ1) is 9.60. The van der Waals surface area contributed by atoms with Crippen molar-refractivity contribution in [3.05, 3.63) is 0 Å². The molecule has 0 bridgehead atoms. The van der Waals surface area contributed by atoms with Crippen LogP contribution in [-0.4, -0.2) is 36.1 Å². The Balaban J connectivity index is 3.14. The van der Waals surface area contributed by atoms with Crippen molar-refractivity contribution in [2.24, 2.45) is 10.8 Å². The molecule has 3 nitrogen and oxygen atoms in total. The maximum Gasteiger partial charge on any atom is 0.307 e. The molecule has 1 aliphatic rings. The van der Waals surface area contributed by atoms with E-state index in [2.05, 4.69) is 46.4 Å². The molecule has 0 radical (unpaired) electrons. The molecule has 1 saturated carbocycles. The summed E-state index contributed by atoms with van der Waals surface area (Å²) in [4.78, 5) is 14.7. The van der Waals surface area contributed by atoms with E-state index in [9.17, 15) is 4.79 Å². The molecule has 0 saturated heterocycles. The zero-order valence-corrected chi connectivity index (χ0v) is 15.2. The van der Waals surface area contributed by atoms with E-state index in [0.29, 0.717) is 13.0 Å². The maximum atomic E-state index is 12.2. The van der Waals surface area contributed by atoms with Crippen molar-refractivity contribution < 1.29 is 9.53 Å². The first kappa shape index (κ1) is 18.5. The third-order valence-corrected chi connectivity index (χ3v) is 4.79. The van der Waals surface area contributed by atoms with Gasteiger partial charge in [-0.25, -0.2) is 0 Å². The monoisotopic (exact) mass is 297 g/mol. The summed E-state index contributed by atoms with van der Waals surface area (Å²) in [5.41, 5.74) is 0.467. The van der Waals surface area contributed by atoms with Crippen molar-refractivity contribution in [1.82, 2.24) is 4.90 Å². The van der Waals surface area contributed by atoms with Crippen LogP contribution in [-0.2, 0) is 9.53 Å². The van der Waals surface area contributed by atoms with Crippen molar-refractivity contribution in [3.8, 4) is 0 Å². The van der Waals surface area contributed by atoms with Gasteiger partial charge < -0.3 is 4.74 Å². The van der Waals surface area contributed by atoms with Gasteiger partial charge in [0, 0.05) is 5.54 Å². The lowest BCUT2D eigenvalue weighted by molar-refractivity contribution is -0.150. The van der Waals surface area contributed by atoms with Crippen LogP contribution in [0, 0.1) is 10.8 Å². The van der Waals surface area contributed by atoms with Crippen LogP contribution in [0.25, 0.3) is 0 Å². The highest BCUT2D eigenvalue weighted by molar-refractivity contribution is 5.71. The van der Waals surface area contributed by atoms with Gasteiger partial charge in [0.05, 0.1) is 13.0 Å². The lowest BCUT2D eigenvalue weighted by Gasteiger charge is -2.56. The summed E-state index contributed by atoms with van der Waals surface area (Å²) in [6.45, 7) is 18.1. The SMILES string of the molecule is CCOC(=O)CC1(N(CC)CC)CC(C)(C)CC(C)(C)C1. The molecule has 3 heteroatoms. The van der Waals surface area contributed by atoms with Gasteiger partial charge in [-0.1, -0.05) is 41.5 Å². The molecule has 1 fully saturated rings. The predicted octanol–water partition coefficient (Wildman–Crippen LogP) is 4.26. The number of hydrogen-bond acceptors (Lipinski definition) is 3. The van der Waals surface area contributed by atoms with E-state index in [0.717, 1.165) is 25.9 Å². The smallest absolute Gasteiger partial charge is 0.307 e. The van der Waals surface area contributed by atoms with Crippen LogP contribution in [0.1, 0.15) is 74.1 Å². The van der Waals surface area contributed by atoms with Crippen LogP contribution in [0.3, 0.4) is 0 Å². The molecule has 0 unspecified atom stereocenters. The molecule has 21 heavy (non-hydrogen) atoms. The summed E-state index contributed by atoms with van der Waals surface area (Å²) in [6, 6.07) is 0. The molecule has 0 aromatic rings. The molecule has 0 N–H and O–H groups in total. The number of carbonyl (C=O) groups excluding carboxylic acids is 1. The predicted molar refractivity (Wildman–Crippen MR) is 88.3 cm³/mol. The quantitative estimate of drug-likeness (QED) is 0.686. The van der Waals surface area contributed by atoms with Crippen LogP contribution in [0.5, 0.6) is 0 Å². The van der Waals surface area contributed by atoms with Gasteiger partial charge in [-0.2, -0.15) is 0 Å². The van der Waals surface area contributed by atoms with Crippen molar-refractivity contribution in [2.75, 3.05) is 19.7 Å². The molecular weight excluding hydrogens is 262 g/mol. The number of hydrogen-bond donors (Lipinski definition) is 0. The van der Waals surface area contributed by atoms with Gasteiger partial charge in [-0.05, 0) is 50.1 Å². The molecular formula is C18H35NO2. The normalized spacial score (nSPS) is 23.0. The fourth-order valence-electron chi connectivity index (χ4n) is 5.10. The minimum atomic E-state index is -0.0546. The zero-order chi connectivity index (χ0) is 16.3. The second kappa shape index (κ2) is 6.68. The minimum absolute atomic E-state index is 0.0436. The minimum Gasteiger partial charge on any atom is -0.466 e. The van der Waals surface area contributed by atoms with E-state index in [1.165, 1.54) is 6.42 Å². The van der Waals surface area contributed by atoms with Crippen LogP contribution >= 0.6 is 0 Å². The number of carbonyl (C=O) groups is 1. The largest absolute Gasteiger partial charge is 0.466 e. The Morgan fingerprint density at radius 1 is 0.952 bits per heavy atom. The van der Waals surface area contributed by atoms with Crippen molar-refractivity contribution in [1.29, 1.82) is 0 Å². The third kappa shape index (κ3) is 4.70. The van der Waals surface area contributed by atoms with Crippen molar-refractivity contribution in [3.63, 3.8) is 0 Å². The first-order valence-electron chi connectivity index (χ1n) is 8.50. The molecule has 0 spiro atoms. The van der Waals surface area contributed by atoms with Gasteiger partial charge in [0.2, 0.25) is 0 Å². The fraction of sp³-hybridized carbons (Fsp3) is 0.944. The van der Waals surface area contributed by atoms with Gasteiger partial charge >= 0.3 is 5.97 Å². The summed E-state index contributed by atoms with van der Waals surface area (Å²) >= 11 is 0. The Hall–Kier alpha value is -0.570. The van der Waals surface area contributed by atoms with E-state index in [1.54, 1.807) is 0 Å². The van der Waals surface area contributed by atoms with Gasteiger partial charge in [-0.15, -0.1) is 0 Å². The Bertz CT molecular complexity index is 340. The maximum absolute atomic E-state index is 12.2. The van der Waals surface area contributed by atoms with E-state index in [1.807, 2.05) is 6.92 Å². The second-order valence-corrected chi connectivity index (χ2v) is 8.24. The molecule has 0 atom stereocenters. The van der Waals surface area contributed by atoms with Crippen LogP contribution in [0.2, 0.25) is 0 Å². The van der Waals surface area contributed by atoms with Crippen molar-refractivity contribution in [2.45, 2.75) is 79.7 Å². The summed E-state index contributed by atoms with van der Waals surface area (Å²) in [5, 5.41) is 0. The molecule has 0 aliphatic heterocycles. The summed E-state index contributed by atoms with van der Waals surface area (Å²) in [6.07, 6.45) is 3.88. The van der Waals surface area contributed by atoms with Crippen LogP contribution in [0.4, 0.5) is 0 Å². The first-order valence-corrected chi connectivity index (χ1v) is 8.50. The molecule has 0 heterocycles. The van der Waals surface area contributed by atoms with Crippen LogP contribution < -0.4 is 0 Å². The molecule has 1 rings (SSSR count). The van der Waals surface area contributed by atoms with Crippen molar-refractivity contribution >= 4 is 5.97 Å². The molecule has 1 aliphatic carbocycles. The summed E-state index contributed by atoms with van der Waals surface area (Å²) in [7, 11) is 0. The van der Waals surface area contributed by atoms with E-state index >= 15 is 0 Å². The second-order valence-electron chi connectivity index (χ2n) is 8.24. The van der Waals surface area contributed by atoms with E-state index in [4.69, 9.17) is 4.74 Å². The third-order valence-electron chi connectivity index (χ3n) is 4.79. The van der Waals surface area contributed by atoms with Gasteiger partial charge in [-0.3, -0.25) is 9.69 Å². The fourth-order valence-corrected chi connectivity index (χ4v) is 5.10.